The fraction of sp³-hybridized carbons (Fsp3) is 0.538. The number of amides is 1. The first-order valence-corrected chi connectivity index (χ1v) is 6.22. The summed E-state index contributed by atoms with van der Waals surface area (Å²) in [7, 11) is 0. The molecule has 1 aliphatic heterocycles. The molecule has 1 fully saturated rings. The van der Waals surface area contributed by atoms with Crippen molar-refractivity contribution in [3.8, 4) is 0 Å². The first-order valence-electron chi connectivity index (χ1n) is 6.22. The summed E-state index contributed by atoms with van der Waals surface area (Å²) < 4.78 is 0. The lowest BCUT2D eigenvalue weighted by Gasteiger charge is -2.24. The highest BCUT2D eigenvalue weighted by Crippen LogP contribution is 2.11. The van der Waals surface area contributed by atoms with Crippen LogP contribution < -0.4 is 10.6 Å². The molecule has 4 heteroatoms. The summed E-state index contributed by atoms with van der Waals surface area (Å²) >= 11 is 0. The Kier molecular flexibility index (Phi) is 4.09. The highest BCUT2D eigenvalue weighted by molar-refractivity contribution is 5.82. The lowest BCUT2D eigenvalue weighted by Crippen LogP contribution is -2.47. The summed E-state index contributed by atoms with van der Waals surface area (Å²) in [5.41, 5.74) is 0.900. The van der Waals surface area contributed by atoms with Crippen LogP contribution in [0.1, 0.15) is 37.9 Å². The molecule has 1 aliphatic rings. The van der Waals surface area contributed by atoms with Crippen molar-refractivity contribution in [2.24, 2.45) is 0 Å². The second-order valence-corrected chi connectivity index (χ2v) is 4.49. The van der Waals surface area contributed by atoms with E-state index in [1.807, 2.05) is 25.1 Å². The molecule has 1 aromatic heterocycles. The molecule has 0 aromatic carbocycles. The molecule has 92 valence electrons. The van der Waals surface area contributed by atoms with Gasteiger partial charge >= 0.3 is 0 Å². The maximum Gasteiger partial charge on any atom is 0.237 e. The molecule has 1 unspecified atom stereocenters. The minimum atomic E-state index is -0.0348. The van der Waals surface area contributed by atoms with Crippen LogP contribution in [0.25, 0.3) is 0 Å². The van der Waals surface area contributed by atoms with Crippen molar-refractivity contribution in [1.29, 1.82) is 0 Å². The average molecular weight is 233 g/mol. The number of aromatic nitrogens is 1. The highest BCUT2D eigenvalue weighted by Gasteiger charge is 2.22. The van der Waals surface area contributed by atoms with Crippen molar-refractivity contribution in [1.82, 2.24) is 15.6 Å². The molecule has 2 heterocycles. The van der Waals surface area contributed by atoms with Crippen LogP contribution in [-0.4, -0.2) is 23.5 Å². The molecular weight excluding hydrogens is 214 g/mol. The number of pyridine rings is 1. The van der Waals surface area contributed by atoms with Crippen LogP contribution in [0.3, 0.4) is 0 Å². The van der Waals surface area contributed by atoms with E-state index >= 15 is 0 Å². The molecule has 17 heavy (non-hydrogen) atoms. The minimum Gasteiger partial charge on any atom is -0.347 e. The van der Waals surface area contributed by atoms with Crippen LogP contribution >= 0.6 is 0 Å². The second kappa shape index (κ2) is 5.77. The number of carbonyl (C=O) groups is 1. The van der Waals surface area contributed by atoms with E-state index in [0.717, 1.165) is 25.1 Å². The average Bonchev–Trinajstić information content (AvgIpc) is 2.40. The van der Waals surface area contributed by atoms with Crippen LogP contribution in [0.2, 0.25) is 0 Å². The number of rotatable bonds is 3. The van der Waals surface area contributed by atoms with Crippen molar-refractivity contribution in [3.63, 3.8) is 0 Å². The van der Waals surface area contributed by atoms with Gasteiger partial charge in [-0.2, -0.15) is 0 Å². The van der Waals surface area contributed by atoms with Crippen molar-refractivity contribution >= 4 is 5.91 Å². The van der Waals surface area contributed by atoms with Gasteiger partial charge in [0.15, 0.2) is 0 Å². The lowest BCUT2D eigenvalue weighted by atomic mass is 10.0. The zero-order valence-corrected chi connectivity index (χ0v) is 10.1. The maximum atomic E-state index is 12.0. The molecule has 0 saturated carbocycles. The van der Waals surface area contributed by atoms with E-state index in [0.29, 0.717) is 0 Å². The molecule has 2 atom stereocenters. The van der Waals surface area contributed by atoms with E-state index < -0.39 is 0 Å². The van der Waals surface area contributed by atoms with Crippen LogP contribution in [0.4, 0.5) is 0 Å². The predicted octanol–water partition coefficient (Wildman–Crippen LogP) is 1.40. The third kappa shape index (κ3) is 3.27. The number of carbonyl (C=O) groups excluding carboxylic acids is 1. The van der Waals surface area contributed by atoms with Crippen molar-refractivity contribution in [2.45, 2.75) is 38.3 Å². The van der Waals surface area contributed by atoms with E-state index in [9.17, 15) is 4.79 Å². The SMILES string of the molecule is CC(NC(=O)[C@H]1CCCCN1)c1ccccn1. The minimum absolute atomic E-state index is 0.0325. The Labute approximate surface area is 102 Å². The van der Waals surface area contributed by atoms with E-state index in [1.165, 1.54) is 6.42 Å². The Bertz CT molecular complexity index is 360. The molecule has 0 bridgehead atoms. The third-order valence-electron chi connectivity index (χ3n) is 3.12. The van der Waals surface area contributed by atoms with Crippen molar-refractivity contribution in [2.75, 3.05) is 6.54 Å². The molecule has 2 rings (SSSR count). The molecule has 4 nitrogen and oxygen atoms in total. The Morgan fingerprint density at radius 2 is 2.41 bits per heavy atom. The molecule has 0 radical (unpaired) electrons. The zero-order chi connectivity index (χ0) is 12.1. The van der Waals surface area contributed by atoms with Gasteiger partial charge in [0.25, 0.3) is 0 Å². The molecule has 0 aliphatic carbocycles. The van der Waals surface area contributed by atoms with Crippen molar-refractivity contribution < 1.29 is 4.79 Å². The zero-order valence-electron chi connectivity index (χ0n) is 10.1. The quantitative estimate of drug-likeness (QED) is 0.829. The fourth-order valence-corrected chi connectivity index (χ4v) is 2.10. The van der Waals surface area contributed by atoms with Crippen LogP contribution in [0.5, 0.6) is 0 Å². The van der Waals surface area contributed by atoms with Gasteiger partial charge in [-0.05, 0) is 38.4 Å². The summed E-state index contributed by atoms with van der Waals surface area (Å²) in [5, 5.41) is 6.25. The van der Waals surface area contributed by atoms with Gasteiger partial charge < -0.3 is 10.6 Å². The number of piperidine rings is 1. The van der Waals surface area contributed by atoms with Gasteiger partial charge in [-0.3, -0.25) is 9.78 Å². The largest absolute Gasteiger partial charge is 0.347 e. The third-order valence-corrected chi connectivity index (χ3v) is 3.12. The Hall–Kier alpha value is -1.42. The standard InChI is InChI=1S/C13H19N3O/c1-10(11-6-2-4-8-14-11)16-13(17)12-7-3-5-9-15-12/h2,4,6,8,10,12,15H,3,5,7,9H2,1H3,(H,16,17)/t10?,12-/m1/s1. The molecule has 1 aromatic rings. The highest BCUT2D eigenvalue weighted by atomic mass is 16.2. The molecule has 1 saturated heterocycles. The number of hydrogen-bond acceptors (Lipinski definition) is 3. The Morgan fingerprint density at radius 3 is 3.06 bits per heavy atom. The maximum absolute atomic E-state index is 12.0. The molecule has 0 spiro atoms. The van der Waals surface area contributed by atoms with Crippen LogP contribution in [0.15, 0.2) is 24.4 Å². The Balaban J connectivity index is 1.89. The van der Waals surface area contributed by atoms with E-state index in [2.05, 4.69) is 15.6 Å². The fourth-order valence-electron chi connectivity index (χ4n) is 2.10. The molecule has 1 amide bonds. The topological polar surface area (TPSA) is 54.0 Å². The summed E-state index contributed by atoms with van der Waals surface area (Å²) in [6, 6.07) is 5.67. The first-order chi connectivity index (χ1) is 8.27. The Morgan fingerprint density at radius 1 is 1.53 bits per heavy atom. The lowest BCUT2D eigenvalue weighted by molar-refractivity contribution is -0.124. The van der Waals surface area contributed by atoms with Gasteiger partial charge in [-0.1, -0.05) is 12.5 Å². The number of nitrogens with zero attached hydrogens (tertiary/aromatic N) is 1. The summed E-state index contributed by atoms with van der Waals surface area (Å²) in [5.74, 6) is 0.0860. The van der Waals surface area contributed by atoms with Gasteiger partial charge in [-0.25, -0.2) is 0 Å². The molecular formula is C13H19N3O. The van der Waals surface area contributed by atoms with Crippen LogP contribution in [-0.2, 0) is 4.79 Å². The van der Waals surface area contributed by atoms with Gasteiger partial charge in [0.1, 0.15) is 0 Å². The number of hydrogen-bond donors (Lipinski definition) is 2. The van der Waals surface area contributed by atoms with Crippen molar-refractivity contribution in [3.05, 3.63) is 30.1 Å². The van der Waals surface area contributed by atoms with Gasteiger partial charge in [-0.15, -0.1) is 0 Å². The summed E-state index contributed by atoms with van der Waals surface area (Å²) in [4.78, 5) is 16.2. The van der Waals surface area contributed by atoms with E-state index in [1.54, 1.807) is 6.20 Å². The normalized spacial score (nSPS) is 21.8. The number of nitrogens with one attached hydrogen (secondary N) is 2. The summed E-state index contributed by atoms with van der Waals surface area (Å²) in [6.45, 7) is 2.90. The van der Waals surface area contributed by atoms with E-state index in [-0.39, 0.29) is 18.0 Å². The van der Waals surface area contributed by atoms with Gasteiger partial charge in [0.2, 0.25) is 5.91 Å². The monoisotopic (exact) mass is 233 g/mol. The predicted molar refractivity (Wildman–Crippen MR) is 66.4 cm³/mol. The smallest absolute Gasteiger partial charge is 0.237 e. The summed E-state index contributed by atoms with van der Waals surface area (Å²) in [6.07, 6.45) is 4.97. The van der Waals surface area contributed by atoms with Gasteiger partial charge in [0, 0.05) is 6.20 Å². The van der Waals surface area contributed by atoms with E-state index in [4.69, 9.17) is 0 Å². The van der Waals surface area contributed by atoms with Gasteiger partial charge in [0.05, 0.1) is 17.8 Å². The first kappa shape index (κ1) is 12.0. The second-order valence-electron chi connectivity index (χ2n) is 4.49. The van der Waals surface area contributed by atoms with Crippen LogP contribution in [0, 0.1) is 0 Å². The molecule has 2 N–H and O–H groups in total.